The van der Waals surface area contributed by atoms with Gasteiger partial charge in [-0.1, -0.05) is 35.9 Å². The first-order chi connectivity index (χ1) is 11.8. The van der Waals surface area contributed by atoms with Crippen LogP contribution in [0.2, 0.25) is 0 Å². The van der Waals surface area contributed by atoms with Crippen molar-refractivity contribution in [2.24, 2.45) is 0 Å². The number of pyridine rings is 1. The van der Waals surface area contributed by atoms with Gasteiger partial charge in [0.15, 0.2) is 5.65 Å². The third-order valence-corrected chi connectivity index (χ3v) is 3.94. The second-order valence-electron chi connectivity index (χ2n) is 5.66. The molecule has 0 fully saturated rings. The smallest absolute Gasteiger partial charge is 0.165 e. The summed E-state index contributed by atoms with van der Waals surface area (Å²) in [4.78, 5) is 8.83. The van der Waals surface area contributed by atoms with Crippen molar-refractivity contribution in [3.05, 3.63) is 78.4 Å². The molecule has 0 aliphatic rings. The lowest BCUT2D eigenvalue weighted by atomic mass is 10.1. The lowest BCUT2D eigenvalue weighted by molar-refractivity contribution is 0.917. The summed E-state index contributed by atoms with van der Waals surface area (Å²) in [5.74, 6) is 0.893. The Kier molecular flexibility index (Phi) is 3.67. The van der Waals surface area contributed by atoms with E-state index in [-0.39, 0.29) is 0 Å². The van der Waals surface area contributed by atoms with Crippen LogP contribution < -0.4 is 5.32 Å². The highest BCUT2D eigenvalue weighted by Gasteiger charge is 2.10. The lowest BCUT2D eigenvalue weighted by Crippen LogP contribution is -2.06. The lowest BCUT2D eigenvalue weighted by Gasteiger charge is -2.08. The van der Waals surface area contributed by atoms with E-state index in [4.69, 9.17) is 0 Å². The van der Waals surface area contributed by atoms with E-state index in [0.717, 1.165) is 28.3 Å². The predicted octanol–water partition coefficient (Wildman–Crippen LogP) is 3.71. The fraction of sp³-hybridized carbons (Fsp3) is 0.105. The Morgan fingerprint density at radius 1 is 0.958 bits per heavy atom. The topological polar surface area (TPSA) is 55.1 Å². The molecule has 5 nitrogen and oxygen atoms in total. The number of rotatable bonds is 4. The van der Waals surface area contributed by atoms with Gasteiger partial charge in [0.1, 0.15) is 5.82 Å². The van der Waals surface area contributed by atoms with Crippen molar-refractivity contribution in [3.63, 3.8) is 0 Å². The first kappa shape index (κ1) is 14.4. The Morgan fingerprint density at radius 3 is 2.62 bits per heavy atom. The molecule has 118 valence electrons. The molecule has 0 aliphatic carbocycles. The van der Waals surface area contributed by atoms with Crippen molar-refractivity contribution in [3.8, 4) is 11.1 Å². The molecular weight excluding hydrogens is 298 g/mol. The second-order valence-corrected chi connectivity index (χ2v) is 5.66. The number of hydrogen-bond acceptors (Lipinski definition) is 4. The molecule has 4 rings (SSSR count). The minimum Gasteiger partial charge on any atom is -0.364 e. The van der Waals surface area contributed by atoms with E-state index in [2.05, 4.69) is 51.6 Å². The number of hydrogen-bond donors (Lipinski definition) is 1. The summed E-state index contributed by atoms with van der Waals surface area (Å²) < 4.78 is 1.83. The van der Waals surface area contributed by atoms with Crippen molar-refractivity contribution in [1.82, 2.24) is 19.6 Å². The third kappa shape index (κ3) is 2.72. The third-order valence-electron chi connectivity index (χ3n) is 3.94. The molecule has 4 aromatic rings. The van der Waals surface area contributed by atoms with Crippen LogP contribution in [0.25, 0.3) is 16.8 Å². The van der Waals surface area contributed by atoms with Crippen LogP contribution in [-0.4, -0.2) is 19.6 Å². The van der Waals surface area contributed by atoms with Crippen LogP contribution in [0.1, 0.15) is 11.3 Å². The van der Waals surface area contributed by atoms with Gasteiger partial charge in [-0.15, -0.1) is 0 Å². The zero-order valence-electron chi connectivity index (χ0n) is 13.3. The number of aryl methyl sites for hydroxylation is 1. The van der Waals surface area contributed by atoms with E-state index in [1.165, 1.54) is 5.56 Å². The first-order valence-electron chi connectivity index (χ1n) is 7.85. The molecule has 0 unspecified atom stereocenters. The first-order valence-corrected chi connectivity index (χ1v) is 7.85. The summed E-state index contributed by atoms with van der Waals surface area (Å²) in [6.07, 6.45) is 5.46. The molecule has 0 atom stereocenters. The highest BCUT2D eigenvalue weighted by molar-refractivity contribution is 5.78. The summed E-state index contributed by atoms with van der Waals surface area (Å²) in [5, 5.41) is 7.88. The van der Waals surface area contributed by atoms with Gasteiger partial charge in [0.25, 0.3) is 0 Å². The quantitative estimate of drug-likeness (QED) is 0.624. The summed E-state index contributed by atoms with van der Waals surface area (Å²) in [6.45, 7) is 2.72. The van der Waals surface area contributed by atoms with Crippen molar-refractivity contribution in [2.45, 2.75) is 13.5 Å². The molecule has 1 aromatic carbocycles. The minimum absolute atomic E-state index is 0.639. The molecule has 0 saturated heterocycles. The van der Waals surface area contributed by atoms with E-state index >= 15 is 0 Å². The summed E-state index contributed by atoms with van der Waals surface area (Å²) in [5.41, 5.74) is 5.20. The van der Waals surface area contributed by atoms with Crippen molar-refractivity contribution in [2.75, 3.05) is 5.32 Å². The average Bonchev–Trinajstić information content (AvgIpc) is 3.06. The van der Waals surface area contributed by atoms with E-state index in [0.29, 0.717) is 6.54 Å². The normalized spacial score (nSPS) is 10.9. The van der Waals surface area contributed by atoms with E-state index in [1.807, 2.05) is 35.0 Å². The fourth-order valence-corrected chi connectivity index (χ4v) is 2.65. The van der Waals surface area contributed by atoms with Gasteiger partial charge >= 0.3 is 0 Å². The Morgan fingerprint density at radius 2 is 1.83 bits per heavy atom. The van der Waals surface area contributed by atoms with Gasteiger partial charge in [0, 0.05) is 18.0 Å². The predicted molar refractivity (Wildman–Crippen MR) is 94.7 cm³/mol. The van der Waals surface area contributed by atoms with Gasteiger partial charge < -0.3 is 5.32 Å². The number of nitrogens with one attached hydrogen (secondary N) is 1. The van der Waals surface area contributed by atoms with Gasteiger partial charge in [-0.3, -0.25) is 4.98 Å². The maximum Gasteiger partial charge on any atom is 0.165 e. The van der Waals surface area contributed by atoms with Crippen LogP contribution in [0.5, 0.6) is 0 Å². The molecular formula is C19H17N5. The van der Waals surface area contributed by atoms with Gasteiger partial charge in [-0.05, 0) is 30.7 Å². The number of anilines is 1. The van der Waals surface area contributed by atoms with Crippen LogP contribution in [0.4, 0.5) is 5.82 Å². The fourth-order valence-electron chi connectivity index (χ4n) is 2.65. The zero-order valence-corrected chi connectivity index (χ0v) is 13.3. The number of nitrogens with zero attached hydrogens (tertiary/aromatic N) is 4. The van der Waals surface area contributed by atoms with Gasteiger partial charge in [-0.25, -0.2) is 4.98 Å². The van der Waals surface area contributed by atoms with E-state index in [9.17, 15) is 0 Å². The van der Waals surface area contributed by atoms with Gasteiger partial charge in [0.2, 0.25) is 0 Å². The summed E-state index contributed by atoms with van der Waals surface area (Å²) in [6, 6.07) is 16.2. The Balaban J connectivity index is 1.67. The van der Waals surface area contributed by atoms with E-state index in [1.54, 1.807) is 12.4 Å². The van der Waals surface area contributed by atoms with Crippen molar-refractivity contribution >= 4 is 11.5 Å². The summed E-state index contributed by atoms with van der Waals surface area (Å²) >= 11 is 0. The number of benzene rings is 1. The minimum atomic E-state index is 0.639. The summed E-state index contributed by atoms with van der Waals surface area (Å²) in [7, 11) is 0. The molecule has 24 heavy (non-hydrogen) atoms. The van der Waals surface area contributed by atoms with Crippen LogP contribution >= 0.6 is 0 Å². The highest BCUT2D eigenvalue weighted by Crippen LogP contribution is 2.25. The van der Waals surface area contributed by atoms with Crippen molar-refractivity contribution in [1.29, 1.82) is 0 Å². The van der Waals surface area contributed by atoms with Crippen LogP contribution in [0, 0.1) is 6.92 Å². The Bertz CT molecular complexity index is 958. The molecule has 3 aromatic heterocycles. The Labute approximate surface area is 140 Å². The average molecular weight is 315 g/mol. The molecule has 0 aliphatic heterocycles. The molecule has 0 amide bonds. The molecule has 5 heteroatoms. The molecule has 0 radical (unpaired) electrons. The van der Waals surface area contributed by atoms with Crippen LogP contribution in [-0.2, 0) is 6.54 Å². The molecule has 1 N–H and O–H groups in total. The van der Waals surface area contributed by atoms with Crippen LogP contribution in [0.15, 0.2) is 67.1 Å². The number of aromatic nitrogens is 4. The molecule has 0 spiro atoms. The highest BCUT2D eigenvalue weighted by atomic mass is 15.3. The SMILES string of the molecule is Cc1ccc(-c2cnn3c(NCc4ccccn4)ccnc23)cc1. The number of fused-ring (bicyclic) bond motifs is 1. The molecule has 0 bridgehead atoms. The monoisotopic (exact) mass is 315 g/mol. The van der Waals surface area contributed by atoms with Gasteiger partial charge in [0.05, 0.1) is 18.4 Å². The van der Waals surface area contributed by atoms with E-state index < -0.39 is 0 Å². The maximum absolute atomic E-state index is 4.50. The Hall–Kier alpha value is -3.21. The maximum atomic E-state index is 4.50. The second kappa shape index (κ2) is 6.12. The molecule has 3 heterocycles. The van der Waals surface area contributed by atoms with Crippen molar-refractivity contribution < 1.29 is 0 Å². The standard InChI is InChI=1S/C19H17N5/c1-14-5-7-15(8-6-14)17-13-23-24-18(9-11-21-19(17)24)22-12-16-4-2-3-10-20-16/h2-11,13,22H,12H2,1H3. The zero-order chi connectivity index (χ0) is 16.4. The molecule has 0 saturated carbocycles. The van der Waals surface area contributed by atoms with Gasteiger partial charge in [-0.2, -0.15) is 9.61 Å². The van der Waals surface area contributed by atoms with Crippen LogP contribution in [0.3, 0.4) is 0 Å². The largest absolute Gasteiger partial charge is 0.364 e.